The van der Waals surface area contributed by atoms with Crippen LogP contribution in [0.1, 0.15) is 13.8 Å². The number of aryl methyl sites for hydroxylation is 2. The normalized spacial score (nSPS) is 11.4. The molecule has 6 heterocycles. The number of rotatable bonds is 12. The van der Waals surface area contributed by atoms with Gasteiger partial charge in [0.15, 0.2) is 34.9 Å². The van der Waals surface area contributed by atoms with Gasteiger partial charge in [-0.1, -0.05) is 273 Å². The fourth-order valence-electron chi connectivity index (χ4n) is 13.7. The lowest BCUT2D eigenvalue weighted by atomic mass is 9.99. The number of hydrogen-bond acceptors (Lipinski definition) is 8. The summed E-state index contributed by atoms with van der Waals surface area (Å²) < 4.78 is 4.78. The Bertz CT molecular complexity index is 5890. The van der Waals surface area contributed by atoms with Gasteiger partial charge >= 0.3 is 0 Å². The predicted molar refractivity (Wildman–Crippen MR) is 402 cm³/mol. The molecule has 0 radical (unpaired) electrons. The Morgan fingerprint density at radius 3 is 0.888 bits per heavy atom. The Hall–Kier alpha value is -12.9. The largest absolute Gasteiger partial charge is 0.339 e. The molecule has 0 N–H and O–H groups in total. The van der Waals surface area contributed by atoms with Crippen molar-refractivity contribution in [3.8, 4) is 113 Å². The third-order valence-corrected chi connectivity index (χ3v) is 18.5. The lowest BCUT2D eigenvalue weighted by Gasteiger charge is -2.11. The van der Waals surface area contributed by atoms with Crippen molar-refractivity contribution in [2.24, 2.45) is 0 Å². The van der Waals surface area contributed by atoms with Gasteiger partial charge in [-0.2, -0.15) is 0 Å². The summed E-state index contributed by atoms with van der Waals surface area (Å²) in [7, 11) is 0. The number of benzene rings is 12. The summed E-state index contributed by atoms with van der Waals surface area (Å²) in [5.41, 5.74) is 21.1. The molecule has 10 nitrogen and oxygen atoms in total. The van der Waals surface area contributed by atoms with Crippen LogP contribution in [0.5, 0.6) is 0 Å². The average Bonchev–Trinajstić information content (AvgIpc) is 1.58. The monoisotopic (exact) mass is 1260 g/mol. The molecule has 0 bridgehead atoms. The maximum atomic E-state index is 5.31. The molecule has 18 rings (SSSR count). The van der Waals surface area contributed by atoms with Gasteiger partial charge in [0.05, 0.1) is 33.5 Å². The molecule has 464 valence electrons. The molecular weight excluding hydrogens is 1200 g/mol. The standard InChI is InChI=1S/2C44H31N5/c1-2-49-39-22-10-9-21-36(39)37-25-23-29-24-26-38(45-40(29)41(37)49)34-19-11-17-32(27-34)33-18-12-20-35(28-33)44-47-42(30-13-5-3-6-14-30)46-43(48-44)31-15-7-4-8-16-31;1-2-49-39-19-10-9-18-36(39)37-26-24-30-25-27-38(45-40(30)41(37)49)35-17-11-16-34(28-35)29-20-22-33(23-21-29)44-47-42(31-12-5-3-6-13-31)46-43(48-44)32-14-7-4-8-15-32/h2*3-28H,2H2,1H3. The van der Waals surface area contributed by atoms with Gasteiger partial charge in [0.25, 0.3) is 0 Å². The zero-order chi connectivity index (χ0) is 65.5. The summed E-state index contributed by atoms with van der Waals surface area (Å²) >= 11 is 0. The van der Waals surface area contributed by atoms with E-state index in [1.54, 1.807) is 0 Å². The van der Waals surface area contributed by atoms with Gasteiger partial charge in [0, 0.05) is 101 Å². The van der Waals surface area contributed by atoms with Crippen molar-refractivity contribution in [1.29, 1.82) is 0 Å². The molecule has 0 aliphatic rings. The maximum Gasteiger partial charge on any atom is 0.164 e. The van der Waals surface area contributed by atoms with Crippen molar-refractivity contribution in [1.82, 2.24) is 49.0 Å². The molecule has 18 aromatic rings. The second-order valence-electron chi connectivity index (χ2n) is 24.4. The molecule has 98 heavy (non-hydrogen) atoms. The number of aromatic nitrogens is 10. The fraction of sp³-hybridized carbons (Fsp3) is 0.0455. The predicted octanol–water partition coefficient (Wildman–Crippen LogP) is 21.8. The second kappa shape index (κ2) is 25.4. The molecule has 0 atom stereocenters. The molecule has 0 fully saturated rings. The molecule has 0 unspecified atom stereocenters. The molecular formula is C88H62N10. The number of pyridine rings is 2. The van der Waals surface area contributed by atoms with Crippen molar-refractivity contribution in [2.75, 3.05) is 0 Å². The van der Waals surface area contributed by atoms with Crippen LogP contribution in [0.25, 0.3) is 179 Å². The fourth-order valence-corrected chi connectivity index (χ4v) is 13.7. The van der Waals surface area contributed by atoms with E-state index >= 15 is 0 Å². The topological polar surface area (TPSA) is 113 Å². The van der Waals surface area contributed by atoms with Crippen LogP contribution >= 0.6 is 0 Å². The number of para-hydroxylation sites is 2. The van der Waals surface area contributed by atoms with Crippen LogP contribution in [0.3, 0.4) is 0 Å². The van der Waals surface area contributed by atoms with Crippen molar-refractivity contribution in [2.45, 2.75) is 26.9 Å². The smallest absolute Gasteiger partial charge is 0.164 e. The van der Waals surface area contributed by atoms with Gasteiger partial charge in [0.1, 0.15) is 0 Å². The van der Waals surface area contributed by atoms with E-state index in [1.165, 1.54) is 43.6 Å². The highest BCUT2D eigenvalue weighted by molar-refractivity contribution is 6.18. The summed E-state index contributed by atoms with van der Waals surface area (Å²) in [6.45, 7) is 6.16. The van der Waals surface area contributed by atoms with Gasteiger partial charge < -0.3 is 9.13 Å². The van der Waals surface area contributed by atoms with Crippen molar-refractivity contribution in [3.63, 3.8) is 0 Å². The van der Waals surface area contributed by atoms with Crippen molar-refractivity contribution >= 4 is 65.4 Å². The summed E-state index contributed by atoms with van der Waals surface area (Å²) in [5.74, 6) is 3.88. The van der Waals surface area contributed by atoms with Crippen LogP contribution < -0.4 is 0 Å². The first-order valence-corrected chi connectivity index (χ1v) is 33.2. The highest BCUT2D eigenvalue weighted by atomic mass is 15.0. The Labute approximate surface area is 566 Å². The minimum absolute atomic E-state index is 0.636. The quantitative estimate of drug-likeness (QED) is 0.119. The Kier molecular flexibility index (Phi) is 15.3. The third-order valence-electron chi connectivity index (χ3n) is 18.5. The summed E-state index contributed by atoms with van der Waals surface area (Å²) in [5, 5.41) is 7.30. The van der Waals surface area contributed by atoms with Crippen LogP contribution in [0.15, 0.2) is 315 Å². The highest BCUT2D eigenvalue weighted by Gasteiger charge is 2.19. The Morgan fingerprint density at radius 2 is 0.500 bits per heavy atom. The van der Waals surface area contributed by atoms with E-state index in [9.17, 15) is 0 Å². The van der Waals surface area contributed by atoms with E-state index in [0.29, 0.717) is 34.9 Å². The molecule has 0 aliphatic carbocycles. The van der Waals surface area contributed by atoms with E-state index in [1.807, 2.05) is 121 Å². The molecule has 12 aromatic carbocycles. The maximum absolute atomic E-state index is 5.31. The molecule has 10 heteroatoms. The third kappa shape index (κ3) is 11.0. The molecule has 0 amide bonds. The zero-order valence-electron chi connectivity index (χ0n) is 53.9. The molecule has 0 saturated heterocycles. The van der Waals surface area contributed by atoms with E-state index in [-0.39, 0.29) is 0 Å². The van der Waals surface area contributed by atoms with Crippen LogP contribution in [-0.4, -0.2) is 49.0 Å². The van der Waals surface area contributed by atoms with E-state index in [4.69, 9.17) is 39.9 Å². The second-order valence-corrected chi connectivity index (χ2v) is 24.4. The Morgan fingerprint density at radius 1 is 0.214 bits per heavy atom. The van der Waals surface area contributed by atoms with E-state index in [2.05, 4.69) is 217 Å². The van der Waals surface area contributed by atoms with Crippen molar-refractivity contribution in [3.05, 3.63) is 315 Å². The first-order chi connectivity index (χ1) is 48.5. The van der Waals surface area contributed by atoms with Gasteiger partial charge in [-0.3, -0.25) is 0 Å². The minimum atomic E-state index is 0.636. The summed E-state index contributed by atoms with van der Waals surface area (Å²) in [6, 6.07) is 109. The average molecular weight is 1260 g/mol. The lowest BCUT2D eigenvalue weighted by Crippen LogP contribution is -2.00. The molecule has 0 aliphatic heterocycles. The van der Waals surface area contributed by atoms with Gasteiger partial charge in [-0.25, -0.2) is 39.9 Å². The SMILES string of the molecule is CCn1c2ccccc2c2ccc3ccc(-c4cccc(-c5ccc(-c6nc(-c7ccccc7)nc(-c7ccccc7)n6)cc5)c4)nc3c21.CCn1c2ccccc2c2ccc3ccc(-c4cccc(-c5cccc(-c6nc(-c7ccccc7)nc(-c7ccccc7)n6)c5)c4)nc3c21. The van der Waals surface area contributed by atoms with Crippen LogP contribution in [0.2, 0.25) is 0 Å². The molecule has 0 spiro atoms. The number of nitrogens with zero attached hydrogens (tertiary/aromatic N) is 10. The van der Waals surface area contributed by atoms with Gasteiger partial charge in [-0.15, -0.1) is 0 Å². The first-order valence-electron chi connectivity index (χ1n) is 33.2. The highest BCUT2D eigenvalue weighted by Crippen LogP contribution is 2.39. The minimum Gasteiger partial charge on any atom is -0.339 e. The number of fused-ring (bicyclic) bond motifs is 10. The summed E-state index contributed by atoms with van der Waals surface area (Å²) in [4.78, 5) is 40.0. The van der Waals surface area contributed by atoms with Gasteiger partial charge in [0.2, 0.25) is 0 Å². The van der Waals surface area contributed by atoms with Crippen LogP contribution in [0, 0.1) is 0 Å². The Balaban J connectivity index is 0.000000147. The van der Waals surface area contributed by atoms with Crippen molar-refractivity contribution < 1.29 is 0 Å². The van der Waals surface area contributed by atoms with Gasteiger partial charge in [-0.05, 0) is 78.6 Å². The summed E-state index contributed by atoms with van der Waals surface area (Å²) in [6.07, 6.45) is 0. The van der Waals surface area contributed by atoms with E-state index < -0.39 is 0 Å². The molecule has 0 saturated carbocycles. The van der Waals surface area contributed by atoms with E-state index in [0.717, 1.165) is 113 Å². The lowest BCUT2D eigenvalue weighted by molar-refractivity contribution is 0.829. The van der Waals surface area contributed by atoms with Crippen LogP contribution in [-0.2, 0) is 13.1 Å². The number of hydrogen-bond donors (Lipinski definition) is 0. The zero-order valence-corrected chi connectivity index (χ0v) is 53.9. The molecule has 6 aromatic heterocycles. The first kappa shape index (κ1) is 58.9. The van der Waals surface area contributed by atoms with Crippen LogP contribution in [0.4, 0.5) is 0 Å².